The van der Waals surface area contributed by atoms with Crippen LogP contribution in [-0.4, -0.2) is 46.5 Å². The summed E-state index contributed by atoms with van der Waals surface area (Å²) in [7, 11) is 0. The molecule has 0 spiro atoms. The molecule has 1 amide bonds. The SMILES string of the molecule is CC(=O)N1CCN(c2ncc(C(C)(C)C)cn2)C[C@H]1C. The second kappa shape index (κ2) is 5.38. The van der Waals surface area contributed by atoms with Gasteiger partial charge in [0.15, 0.2) is 0 Å². The van der Waals surface area contributed by atoms with E-state index in [1.165, 1.54) is 0 Å². The first-order valence-electron chi connectivity index (χ1n) is 7.13. The Kier molecular flexibility index (Phi) is 3.97. The molecule has 20 heavy (non-hydrogen) atoms. The molecule has 1 saturated heterocycles. The number of hydrogen-bond donors (Lipinski definition) is 0. The molecule has 0 aliphatic carbocycles. The lowest BCUT2D eigenvalue weighted by Gasteiger charge is -2.39. The summed E-state index contributed by atoms with van der Waals surface area (Å²) >= 11 is 0. The van der Waals surface area contributed by atoms with E-state index in [0.717, 1.165) is 31.1 Å². The molecule has 0 N–H and O–H groups in total. The van der Waals surface area contributed by atoms with Gasteiger partial charge in [-0.3, -0.25) is 4.79 Å². The Hall–Kier alpha value is -1.65. The molecule has 0 radical (unpaired) electrons. The lowest BCUT2D eigenvalue weighted by atomic mass is 9.89. The Morgan fingerprint density at radius 2 is 1.85 bits per heavy atom. The fraction of sp³-hybridized carbons (Fsp3) is 0.667. The van der Waals surface area contributed by atoms with Crippen LogP contribution in [0.1, 0.15) is 40.2 Å². The topological polar surface area (TPSA) is 49.3 Å². The summed E-state index contributed by atoms with van der Waals surface area (Å²) in [6.07, 6.45) is 3.81. The van der Waals surface area contributed by atoms with Gasteiger partial charge in [-0.1, -0.05) is 20.8 Å². The normalized spacial score (nSPS) is 20.1. The molecule has 110 valence electrons. The lowest BCUT2D eigenvalue weighted by Crippen LogP contribution is -2.53. The standard InChI is InChI=1S/C15H24N4O/c1-11-10-18(6-7-19(11)12(2)20)14-16-8-13(9-17-14)15(3,4)5/h8-9,11H,6-7,10H2,1-5H3/t11-/m1/s1. The van der Waals surface area contributed by atoms with Crippen molar-refractivity contribution in [3.63, 3.8) is 0 Å². The van der Waals surface area contributed by atoms with Crippen LogP contribution in [0.15, 0.2) is 12.4 Å². The maximum Gasteiger partial charge on any atom is 0.225 e. The number of carbonyl (C=O) groups excluding carboxylic acids is 1. The van der Waals surface area contributed by atoms with Crippen LogP contribution in [0.4, 0.5) is 5.95 Å². The first-order chi connectivity index (χ1) is 9.29. The van der Waals surface area contributed by atoms with Gasteiger partial charge in [0.05, 0.1) is 0 Å². The molecule has 0 aromatic carbocycles. The predicted molar refractivity (Wildman–Crippen MR) is 79.8 cm³/mol. The molecule has 0 unspecified atom stereocenters. The highest BCUT2D eigenvalue weighted by Gasteiger charge is 2.26. The summed E-state index contributed by atoms with van der Waals surface area (Å²) < 4.78 is 0. The van der Waals surface area contributed by atoms with Crippen molar-refractivity contribution in [3.8, 4) is 0 Å². The summed E-state index contributed by atoms with van der Waals surface area (Å²) in [4.78, 5) is 24.5. The third-order valence-corrected chi connectivity index (χ3v) is 3.82. The monoisotopic (exact) mass is 276 g/mol. The van der Waals surface area contributed by atoms with E-state index < -0.39 is 0 Å². The number of hydrogen-bond acceptors (Lipinski definition) is 4. The van der Waals surface area contributed by atoms with Gasteiger partial charge in [0.25, 0.3) is 0 Å². The highest BCUT2D eigenvalue weighted by molar-refractivity contribution is 5.74. The highest BCUT2D eigenvalue weighted by Crippen LogP contribution is 2.22. The van der Waals surface area contributed by atoms with Gasteiger partial charge >= 0.3 is 0 Å². The molecular formula is C15H24N4O. The van der Waals surface area contributed by atoms with Crippen LogP contribution in [0.2, 0.25) is 0 Å². The van der Waals surface area contributed by atoms with Crippen LogP contribution >= 0.6 is 0 Å². The fourth-order valence-electron chi connectivity index (χ4n) is 2.48. The van der Waals surface area contributed by atoms with Crippen molar-refractivity contribution in [3.05, 3.63) is 18.0 Å². The van der Waals surface area contributed by atoms with E-state index >= 15 is 0 Å². The maximum atomic E-state index is 11.5. The van der Waals surface area contributed by atoms with Crippen molar-refractivity contribution in [2.24, 2.45) is 0 Å². The third kappa shape index (κ3) is 3.08. The van der Waals surface area contributed by atoms with Gasteiger partial charge in [0, 0.05) is 45.0 Å². The zero-order valence-electron chi connectivity index (χ0n) is 13.1. The zero-order valence-corrected chi connectivity index (χ0v) is 13.1. The molecule has 1 fully saturated rings. The van der Waals surface area contributed by atoms with E-state index in [2.05, 4.69) is 42.6 Å². The molecule has 2 rings (SSSR count). The van der Waals surface area contributed by atoms with Crippen molar-refractivity contribution < 1.29 is 4.79 Å². The summed E-state index contributed by atoms with van der Waals surface area (Å²) in [5, 5.41) is 0. The van der Waals surface area contributed by atoms with E-state index in [1.807, 2.05) is 17.3 Å². The quantitative estimate of drug-likeness (QED) is 0.785. The maximum absolute atomic E-state index is 11.5. The average molecular weight is 276 g/mol. The van der Waals surface area contributed by atoms with Gasteiger partial charge in [0.2, 0.25) is 11.9 Å². The van der Waals surface area contributed by atoms with Crippen LogP contribution in [-0.2, 0) is 10.2 Å². The van der Waals surface area contributed by atoms with Gasteiger partial charge in [0.1, 0.15) is 0 Å². The number of rotatable bonds is 1. The molecule has 2 heterocycles. The lowest BCUT2D eigenvalue weighted by molar-refractivity contribution is -0.131. The Bertz CT molecular complexity index is 478. The zero-order chi connectivity index (χ0) is 14.9. The number of nitrogens with zero attached hydrogens (tertiary/aromatic N) is 4. The molecule has 5 heteroatoms. The smallest absolute Gasteiger partial charge is 0.225 e. The van der Waals surface area contributed by atoms with Crippen LogP contribution in [0.3, 0.4) is 0 Å². The number of carbonyl (C=O) groups is 1. The molecule has 5 nitrogen and oxygen atoms in total. The molecule has 1 atom stereocenters. The molecule has 1 aliphatic rings. The fourth-order valence-corrected chi connectivity index (χ4v) is 2.48. The van der Waals surface area contributed by atoms with Crippen LogP contribution < -0.4 is 4.90 Å². The van der Waals surface area contributed by atoms with Crippen LogP contribution in [0, 0.1) is 0 Å². The number of piperazine rings is 1. The van der Waals surface area contributed by atoms with E-state index in [4.69, 9.17) is 0 Å². The van der Waals surface area contributed by atoms with Gasteiger partial charge in [-0.05, 0) is 17.9 Å². The van der Waals surface area contributed by atoms with Gasteiger partial charge in [-0.15, -0.1) is 0 Å². The van der Waals surface area contributed by atoms with Crippen LogP contribution in [0.25, 0.3) is 0 Å². The van der Waals surface area contributed by atoms with E-state index in [9.17, 15) is 4.79 Å². The molecule has 1 aliphatic heterocycles. The summed E-state index contributed by atoms with van der Waals surface area (Å²) in [5.41, 5.74) is 1.20. The first-order valence-corrected chi connectivity index (χ1v) is 7.13. The Labute approximate surface area is 121 Å². The van der Waals surface area contributed by atoms with Crippen LogP contribution in [0.5, 0.6) is 0 Å². The number of anilines is 1. The Balaban J connectivity index is 2.08. The van der Waals surface area contributed by atoms with Gasteiger partial charge in [-0.25, -0.2) is 9.97 Å². The highest BCUT2D eigenvalue weighted by atomic mass is 16.2. The summed E-state index contributed by atoms with van der Waals surface area (Å²) in [6.45, 7) is 12.5. The van der Waals surface area contributed by atoms with Crippen molar-refractivity contribution >= 4 is 11.9 Å². The first kappa shape index (κ1) is 14.8. The predicted octanol–water partition coefficient (Wildman–Crippen LogP) is 1.83. The van der Waals surface area contributed by atoms with Crippen molar-refractivity contribution in [2.45, 2.75) is 46.1 Å². The number of aromatic nitrogens is 2. The van der Waals surface area contributed by atoms with E-state index in [-0.39, 0.29) is 17.4 Å². The van der Waals surface area contributed by atoms with Gasteiger partial charge < -0.3 is 9.80 Å². The minimum absolute atomic E-state index is 0.0686. The molecule has 1 aromatic rings. The second-order valence-corrected chi connectivity index (χ2v) is 6.53. The second-order valence-electron chi connectivity index (χ2n) is 6.53. The number of amides is 1. The van der Waals surface area contributed by atoms with Crippen molar-refractivity contribution in [1.82, 2.24) is 14.9 Å². The molecule has 0 bridgehead atoms. The summed E-state index contributed by atoms with van der Waals surface area (Å²) in [6, 6.07) is 0.201. The van der Waals surface area contributed by atoms with E-state index in [0.29, 0.717) is 0 Å². The Morgan fingerprint density at radius 3 is 2.30 bits per heavy atom. The minimum atomic E-state index is 0.0686. The summed E-state index contributed by atoms with van der Waals surface area (Å²) in [5.74, 6) is 0.897. The van der Waals surface area contributed by atoms with E-state index in [1.54, 1.807) is 6.92 Å². The largest absolute Gasteiger partial charge is 0.337 e. The van der Waals surface area contributed by atoms with Crippen molar-refractivity contribution in [1.29, 1.82) is 0 Å². The molecule has 0 saturated carbocycles. The average Bonchev–Trinajstić information content (AvgIpc) is 2.37. The molecule has 1 aromatic heterocycles. The minimum Gasteiger partial charge on any atom is -0.337 e. The van der Waals surface area contributed by atoms with Gasteiger partial charge in [-0.2, -0.15) is 0 Å². The third-order valence-electron chi connectivity index (χ3n) is 3.82. The van der Waals surface area contributed by atoms with Crippen molar-refractivity contribution in [2.75, 3.05) is 24.5 Å². The Morgan fingerprint density at radius 1 is 1.25 bits per heavy atom. The molecular weight excluding hydrogens is 252 g/mol.